The number of hydrogen-bond donors (Lipinski definition) is 2. The number of nitrogens with two attached hydrogens (primary N) is 1. The maximum Gasteiger partial charge on any atom is 0.0917 e. The Morgan fingerprint density at radius 2 is 1.90 bits per heavy atom. The van der Waals surface area contributed by atoms with Crippen LogP contribution in [-0.4, -0.2) is 29.1 Å². The molecule has 0 heterocycles. The van der Waals surface area contributed by atoms with Gasteiger partial charge in [0.1, 0.15) is 0 Å². The second kappa shape index (κ2) is 7.21. The average molecular weight is 276 g/mol. The molecule has 20 heavy (non-hydrogen) atoms. The van der Waals surface area contributed by atoms with E-state index in [0.29, 0.717) is 12.6 Å². The fourth-order valence-electron chi connectivity index (χ4n) is 2.49. The lowest BCUT2D eigenvalue weighted by Crippen LogP contribution is -2.32. The number of hydrogen-bond acceptors (Lipinski definition) is 3. The van der Waals surface area contributed by atoms with Crippen molar-refractivity contribution in [1.82, 2.24) is 4.90 Å². The second-order valence-electron chi connectivity index (χ2n) is 6.37. The standard InChI is InChI=1S/C17H28N2O/c1-13(2)9-10-19(16-7-8-16)12-17(20)15-5-3-14(11-18)4-6-15/h3-6,13,16-17,20H,7-12,18H2,1-2H3. The fraction of sp³-hybridized carbons (Fsp3) is 0.647. The first-order chi connectivity index (χ1) is 9.60. The largest absolute Gasteiger partial charge is 0.387 e. The third kappa shape index (κ3) is 4.58. The van der Waals surface area contributed by atoms with Crippen LogP contribution in [0.15, 0.2) is 24.3 Å². The molecule has 0 saturated heterocycles. The van der Waals surface area contributed by atoms with Crippen LogP contribution in [0, 0.1) is 5.92 Å². The molecule has 1 atom stereocenters. The van der Waals surface area contributed by atoms with Gasteiger partial charge in [-0.05, 0) is 42.9 Å². The van der Waals surface area contributed by atoms with E-state index in [4.69, 9.17) is 5.73 Å². The molecule has 0 aliphatic heterocycles. The minimum Gasteiger partial charge on any atom is -0.387 e. The quantitative estimate of drug-likeness (QED) is 0.767. The van der Waals surface area contributed by atoms with Crippen LogP contribution in [0.4, 0.5) is 0 Å². The Balaban J connectivity index is 1.91. The highest BCUT2D eigenvalue weighted by molar-refractivity contribution is 5.24. The molecule has 1 saturated carbocycles. The number of rotatable bonds is 8. The van der Waals surface area contributed by atoms with Gasteiger partial charge in [0.05, 0.1) is 6.10 Å². The summed E-state index contributed by atoms with van der Waals surface area (Å²) in [7, 11) is 0. The summed E-state index contributed by atoms with van der Waals surface area (Å²) in [5.41, 5.74) is 7.71. The van der Waals surface area contributed by atoms with Crippen LogP contribution in [0.1, 0.15) is 50.3 Å². The van der Waals surface area contributed by atoms with Gasteiger partial charge in [-0.25, -0.2) is 0 Å². The van der Waals surface area contributed by atoms with Gasteiger partial charge in [-0.15, -0.1) is 0 Å². The van der Waals surface area contributed by atoms with Crippen molar-refractivity contribution in [3.63, 3.8) is 0 Å². The molecule has 3 N–H and O–H groups in total. The van der Waals surface area contributed by atoms with Gasteiger partial charge in [0, 0.05) is 19.1 Å². The van der Waals surface area contributed by atoms with Gasteiger partial charge in [-0.3, -0.25) is 4.90 Å². The molecule has 1 fully saturated rings. The molecule has 112 valence electrons. The van der Waals surface area contributed by atoms with E-state index in [1.807, 2.05) is 24.3 Å². The van der Waals surface area contributed by atoms with Crippen molar-refractivity contribution < 1.29 is 5.11 Å². The molecule has 2 rings (SSSR count). The van der Waals surface area contributed by atoms with Crippen LogP contribution >= 0.6 is 0 Å². The van der Waals surface area contributed by atoms with Crippen molar-refractivity contribution in [1.29, 1.82) is 0 Å². The van der Waals surface area contributed by atoms with Gasteiger partial charge in [-0.2, -0.15) is 0 Å². The van der Waals surface area contributed by atoms with Crippen LogP contribution in [0.2, 0.25) is 0 Å². The van der Waals surface area contributed by atoms with E-state index in [0.717, 1.165) is 30.1 Å². The van der Waals surface area contributed by atoms with Gasteiger partial charge in [0.15, 0.2) is 0 Å². The van der Waals surface area contributed by atoms with E-state index in [-0.39, 0.29) is 0 Å². The summed E-state index contributed by atoms with van der Waals surface area (Å²) in [6.45, 7) is 6.92. The summed E-state index contributed by atoms with van der Waals surface area (Å²) in [4.78, 5) is 2.46. The predicted molar refractivity (Wildman–Crippen MR) is 83.3 cm³/mol. The predicted octanol–water partition coefficient (Wildman–Crippen LogP) is 2.69. The Morgan fingerprint density at radius 3 is 2.40 bits per heavy atom. The molecule has 0 amide bonds. The van der Waals surface area contributed by atoms with Gasteiger partial charge in [0.2, 0.25) is 0 Å². The van der Waals surface area contributed by atoms with Gasteiger partial charge in [0.25, 0.3) is 0 Å². The molecule has 3 nitrogen and oxygen atoms in total. The lowest BCUT2D eigenvalue weighted by atomic mass is 10.1. The zero-order valence-electron chi connectivity index (χ0n) is 12.8. The lowest BCUT2D eigenvalue weighted by molar-refractivity contribution is 0.105. The van der Waals surface area contributed by atoms with Crippen molar-refractivity contribution in [3.05, 3.63) is 35.4 Å². The van der Waals surface area contributed by atoms with E-state index in [9.17, 15) is 5.11 Å². The first kappa shape index (κ1) is 15.5. The van der Waals surface area contributed by atoms with Crippen molar-refractivity contribution in [2.45, 2.75) is 51.8 Å². The summed E-state index contributed by atoms with van der Waals surface area (Å²) in [6.07, 6.45) is 3.39. The Morgan fingerprint density at radius 1 is 1.25 bits per heavy atom. The second-order valence-corrected chi connectivity index (χ2v) is 6.37. The molecule has 0 spiro atoms. The third-order valence-electron chi connectivity index (χ3n) is 4.06. The lowest BCUT2D eigenvalue weighted by Gasteiger charge is -2.26. The molecule has 1 aromatic carbocycles. The van der Waals surface area contributed by atoms with Gasteiger partial charge in [-0.1, -0.05) is 38.1 Å². The highest BCUT2D eigenvalue weighted by Crippen LogP contribution is 2.29. The Labute approximate surface area is 122 Å². The molecule has 1 unspecified atom stereocenters. The average Bonchev–Trinajstić information content (AvgIpc) is 3.27. The highest BCUT2D eigenvalue weighted by Gasteiger charge is 2.30. The fourth-order valence-corrected chi connectivity index (χ4v) is 2.49. The third-order valence-corrected chi connectivity index (χ3v) is 4.06. The van der Waals surface area contributed by atoms with Crippen LogP contribution in [0.25, 0.3) is 0 Å². The number of nitrogens with zero attached hydrogens (tertiary/aromatic N) is 1. The Hall–Kier alpha value is -0.900. The van der Waals surface area contributed by atoms with Gasteiger partial charge < -0.3 is 10.8 Å². The summed E-state index contributed by atoms with van der Waals surface area (Å²) < 4.78 is 0. The topological polar surface area (TPSA) is 49.5 Å². The van der Waals surface area contributed by atoms with E-state index in [1.165, 1.54) is 19.3 Å². The van der Waals surface area contributed by atoms with Crippen LogP contribution in [0.5, 0.6) is 0 Å². The summed E-state index contributed by atoms with van der Waals surface area (Å²) in [5, 5.41) is 10.4. The van der Waals surface area contributed by atoms with Crippen molar-refractivity contribution in [2.75, 3.05) is 13.1 Å². The Kier molecular flexibility index (Phi) is 5.58. The zero-order chi connectivity index (χ0) is 14.5. The normalized spacial score (nSPS) is 16.9. The molecule has 3 heteroatoms. The molecule has 1 aromatic rings. The maximum absolute atomic E-state index is 10.4. The van der Waals surface area contributed by atoms with Crippen molar-refractivity contribution >= 4 is 0 Å². The Bertz CT molecular complexity index is 398. The molecular formula is C17H28N2O. The van der Waals surface area contributed by atoms with E-state index < -0.39 is 6.10 Å². The molecule has 1 aliphatic carbocycles. The van der Waals surface area contributed by atoms with Crippen LogP contribution in [0.3, 0.4) is 0 Å². The summed E-state index contributed by atoms with van der Waals surface area (Å²) in [6, 6.07) is 8.72. The SMILES string of the molecule is CC(C)CCN(CC(O)c1ccc(CN)cc1)C1CC1. The zero-order valence-corrected chi connectivity index (χ0v) is 12.8. The highest BCUT2D eigenvalue weighted by atomic mass is 16.3. The monoisotopic (exact) mass is 276 g/mol. The van der Waals surface area contributed by atoms with E-state index in [2.05, 4.69) is 18.7 Å². The summed E-state index contributed by atoms with van der Waals surface area (Å²) in [5.74, 6) is 0.720. The number of benzene rings is 1. The minimum atomic E-state index is -0.394. The van der Waals surface area contributed by atoms with Crippen molar-refractivity contribution in [3.8, 4) is 0 Å². The molecular weight excluding hydrogens is 248 g/mol. The van der Waals surface area contributed by atoms with E-state index >= 15 is 0 Å². The first-order valence-electron chi connectivity index (χ1n) is 7.81. The maximum atomic E-state index is 10.4. The smallest absolute Gasteiger partial charge is 0.0917 e. The first-order valence-corrected chi connectivity index (χ1v) is 7.81. The van der Waals surface area contributed by atoms with Crippen LogP contribution < -0.4 is 5.73 Å². The van der Waals surface area contributed by atoms with E-state index in [1.54, 1.807) is 0 Å². The number of aliphatic hydroxyl groups excluding tert-OH is 1. The summed E-state index contributed by atoms with van der Waals surface area (Å²) >= 11 is 0. The minimum absolute atomic E-state index is 0.394. The molecule has 0 radical (unpaired) electrons. The van der Waals surface area contributed by atoms with Gasteiger partial charge >= 0.3 is 0 Å². The van der Waals surface area contributed by atoms with Crippen molar-refractivity contribution in [2.24, 2.45) is 11.7 Å². The van der Waals surface area contributed by atoms with Crippen LogP contribution in [-0.2, 0) is 6.54 Å². The molecule has 1 aliphatic rings. The number of aliphatic hydroxyl groups is 1. The molecule has 0 aromatic heterocycles. The molecule has 0 bridgehead atoms.